The average molecular weight is 259 g/mol. The summed E-state index contributed by atoms with van der Waals surface area (Å²) in [7, 11) is 0. The van der Waals surface area contributed by atoms with Crippen LogP contribution in [0.4, 0.5) is 5.82 Å². The Labute approximate surface area is 111 Å². The maximum atomic E-state index is 5.61. The molecule has 0 bridgehead atoms. The molecule has 2 aromatic rings. The highest BCUT2D eigenvalue weighted by atomic mass is 32.1. The van der Waals surface area contributed by atoms with Crippen molar-refractivity contribution in [2.45, 2.75) is 25.9 Å². The van der Waals surface area contributed by atoms with E-state index in [0.29, 0.717) is 11.9 Å². The van der Waals surface area contributed by atoms with Gasteiger partial charge in [0.15, 0.2) is 0 Å². The number of nitrogens with two attached hydrogens (primary N) is 1. The molecule has 3 rings (SSSR count). The molecule has 3 nitrogen and oxygen atoms in total. The first-order valence-corrected chi connectivity index (χ1v) is 7.13. The summed E-state index contributed by atoms with van der Waals surface area (Å²) in [6, 6.07) is 6.70. The molecule has 1 atom stereocenters. The Hall–Kier alpha value is -1.39. The van der Waals surface area contributed by atoms with E-state index in [9.17, 15) is 0 Å². The summed E-state index contributed by atoms with van der Waals surface area (Å²) in [5.74, 6) is 0.588. The number of thiophene rings is 1. The number of nitrogens with zero attached hydrogens (tertiary/aromatic N) is 2. The first-order valence-electron chi connectivity index (χ1n) is 6.25. The van der Waals surface area contributed by atoms with E-state index in [1.165, 1.54) is 17.5 Å². The van der Waals surface area contributed by atoms with Gasteiger partial charge in [-0.05, 0) is 42.0 Å². The Morgan fingerprint density at radius 1 is 1.44 bits per heavy atom. The Morgan fingerprint density at radius 3 is 3.11 bits per heavy atom. The third-order valence-corrected chi connectivity index (χ3v) is 4.63. The van der Waals surface area contributed by atoms with E-state index in [2.05, 4.69) is 34.3 Å². The van der Waals surface area contributed by atoms with Gasteiger partial charge in [0.25, 0.3) is 0 Å². The molecule has 0 radical (unpaired) electrons. The van der Waals surface area contributed by atoms with Crippen molar-refractivity contribution in [1.29, 1.82) is 0 Å². The zero-order chi connectivity index (χ0) is 12.5. The topological polar surface area (TPSA) is 42.1 Å². The Morgan fingerprint density at radius 2 is 2.33 bits per heavy atom. The molecule has 0 aliphatic carbocycles. The molecule has 1 aliphatic rings. The van der Waals surface area contributed by atoms with Gasteiger partial charge in [-0.15, -0.1) is 11.3 Å². The van der Waals surface area contributed by atoms with Crippen molar-refractivity contribution >= 4 is 17.2 Å². The van der Waals surface area contributed by atoms with Crippen LogP contribution in [0.25, 0.3) is 0 Å². The maximum Gasteiger partial charge on any atom is 0.123 e. The van der Waals surface area contributed by atoms with Gasteiger partial charge in [0, 0.05) is 30.2 Å². The normalized spacial score (nSPS) is 19.7. The molecule has 0 amide bonds. The zero-order valence-electron chi connectivity index (χ0n) is 10.5. The Kier molecular flexibility index (Phi) is 3.06. The van der Waals surface area contributed by atoms with E-state index in [1.54, 1.807) is 4.88 Å². The fourth-order valence-electron chi connectivity index (χ4n) is 2.54. The van der Waals surface area contributed by atoms with Gasteiger partial charge < -0.3 is 5.73 Å². The van der Waals surface area contributed by atoms with Crippen LogP contribution in [0, 0.1) is 0 Å². The monoisotopic (exact) mass is 259 g/mol. The summed E-state index contributed by atoms with van der Waals surface area (Å²) >= 11 is 1.88. The number of pyridine rings is 1. The molecular formula is C14H17N3S. The van der Waals surface area contributed by atoms with Gasteiger partial charge in [-0.2, -0.15) is 0 Å². The highest BCUT2D eigenvalue weighted by molar-refractivity contribution is 7.10. The molecule has 3 heterocycles. The molecule has 1 aliphatic heterocycles. The van der Waals surface area contributed by atoms with Crippen molar-refractivity contribution in [2.75, 3.05) is 12.3 Å². The molecule has 18 heavy (non-hydrogen) atoms. The summed E-state index contributed by atoms with van der Waals surface area (Å²) in [6.45, 7) is 4.36. The van der Waals surface area contributed by atoms with Crippen LogP contribution in [0.2, 0.25) is 0 Å². The highest BCUT2D eigenvalue weighted by Crippen LogP contribution is 2.33. The Balaban J connectivity index is 1.77. The number of rotatable bonds is 2. The number of hydrogen-bond donors (Lipinski definition) is 1. The molecule has 94 valence electrons. The second-order valence-electron chi connectivity index (χ2n) is 4.79. The summed E-state index contributed by atoms with van der Waals surface area (Å²) in [6.07, 6.45) is 3.05. The molecule has 4 heteroatoms. The van der Waals surface area contributed by atoms with Crippen LogP contribution in [-0.2, 0) is 13.0 Å². The largest absolute Gasteiger partial charge is 0.384 e. The predicted molar refractivity (Wildman–Crippen MR) is 75.5 cm³/mol. The summed E-state index contributed by atoms with van der Waals surface area (Å²) in [5.41, 5.74) is 8.34. The third-order valence-electron chi connectivity index (χ3n) is 3.64. The van der Waals surface area contributed by atoms with Crippen LogP contribution < -0.4 is 5.73 Å². The summed E-state index contributed by atoms with van der Waals surface area (Å²) in [4.78, 5) is 8.21. The lowest BCUT2D eigenvalue weighted by molar-refractivity contribution is 0.191. The lowest BCUT2D eigenvalue weighted by Crippen LogP contribution is -2.32. The first kappa shape index (κ1) is 11.7. The number of anilines is 1. The van der Waals surface area contributed by atoms with Crippen LogP contribution in [0.1, 0.15) is 29.0 Å². The zero-order valence-corrected chi connectivity index (χ0v) is 11.3. The van der Waals surface area contributed by atoms with Crippen molar-refractivity contribution in [3.63, 3.8) is 0 Å². The van der Waals surface area contributed by atoms with Crippen molar-refractivity contribution in [3.8, 4) is 0 Å². The van der Waals surface area contributed by atoms with E-state index in [1.807, 2.05) is 23.6 Å². The molecule has 0 fully saturated rings. The molecular weight excluding hydrogens is 242 g/mol. The standard InChI is InChI=1S/C14H17N3S/c1-10-12-5-7-18-13(12)4-6-17(10)9-11-2-3-14(15)16-8-11/h2-3,5,7-8,10H,4,6,9H2,1H3,(H2,15,16). The van der Waals surface area contributed by atoms with Crippen molar-refractivity contribution in [1.82, 2.24) is 9.88 Å². The number of hydrogen-bond acceptors (Lipinski definition) is 4. The lowest BCUT2D eigenvalue weighted by atomic mass is 10.0. The van der Waals surface area contributed by atoms with Crippen LogP contribution in [0.15, 0.2) is 29.8 Å². The number of aromatic nitrogens is 1. The predicted octanol–water partition coefficient (Wildman–Crippen LogP) is 2.84. The minimum atomic E-state index is 0.498. The SMILES string of the molecule is CC1c2ccsc2CCN1Cc1ccc(N)nc1. The molecule has 0 saturated heterocycles. The fourth-order valence-corrected chi connectivity index (χ4v) is 3.50. The highest BCUT2D eigenvalue weighted by Gasteiger charge is 2.24. The summed E-state index contributed by atoms with van der Waals surface area (Å²) < 4.78 is 0. The van der Waals surface area contributed by atoms with Crippen LogP contribution in [0.5, 0.6) is 0 Å². The number of fused-ring (bicyclic) bond motifs is 1. The second-order valence-corrected chi connectivity index (χ2v) is 5.79. The van der Waals surface area contributed by atoms with Gasteiger partial charge in [0.2, 0.25) is 0 Å². The van der Waals surface area contributed by atoms with Crippen molar-refractivity contribution in [2.24, 2.45) is 0 Å². The van der Waals surface area contributed by atoms with E-state index in [0.717, 1.165) is 13.1 Å². The number of nitrogen functional groups attached to an aromatic ring is 1. The minimum Gasteiger partial charge on any atom is -0.384 e. The Bertz CT molecular complexity index is 532. The minimum absolute atomic E-state index is 0.498. The quantitative estimate of drug-likeness (QED) is 0.901. The van der Waals surface area contributed by atoms with Crippen LogP contribution in [0.3, 0.4) is 0 Å². The average Bonchev–Trinajstić information content (AvgIpc) is 2.84. The third kappa shape index (κ3) is 2.13. The van der Waals surface area contributed by atoms with Gasteiger partial charge in [-0.1, -0.05) is 6.07 Å². The van der Waals surface area contributed by atoms with E-state index >= 15 is 0 Å². The lowest BCUT2D eigenvalue weighted by Gasteiger charge is -2.33. The first-order chi connectivity index (χ1) is 8.74. The molecule has 0 saturated carbocycles. The van der Waals surface area contributed by atoms with E-state index in [4.69, 9.17) is 5.73 Å². The van der Waals surface area contributed by atoms with Gasteiger partial charge in [0.1, 0.15) is 5.82 Å². The second kappa shape index (κ2) is 4.71. The van der Waals surface area contributed by atoms with Crippen molar-refractivity contribution in [3.05, 3.63) is 45.8 Å². The molecule has 1 unspecified atom stereocenters. The van der Waals surface area contributed by atoms with Crippen LogP contribution in [-0.4, -0.2) is 16.4 Å². The van der Waals surface area contributed by atoms with Gasteiger partial charge in [-0.3, -0.25) is 4.90 Å². The molecule has 2 aromatic heterocycles. The maximum absolute atomic E-state index is 5.61. The molecule has 0 spiro atoms. The van der Waals surface area contributed by atoms with Gasteiger partial charge in [0.05, 0.1) is 0 Å². The molecule has 2 N–H and O–H groups in total. The molecule has 0 aromatic carbocycles. The van der Waals surface area contributed by atoms with Crippen LogP contribution >= 0.6 is 11.3 Å². The smallest absolute Gasteiger partial charge is 0.123 e. The van der Waals surface area contributed by atoms with E-state index < -0.39 is 0 Å². The van der Waals surface area contributed by atoms with E-state index in [-0.39, 0.29) is 0 Å². The summed E-state index contributed by atoms with van der Waals surface area (Å²) in [5, 5.41) is 2.20. The van der Waals surface area contributed by atoms with Gasteiger partial charge in [-0.25, -0.2) is 4.98 Å². The van der Waals surface area contributed by atoms with Crippen molar-refractivity contribution < 1.29 is 0 Å². The fraction of sp³-hybridized carbons (Fsp3) is 0.357. The van der Waals surface area contributed by atoms with Gasteiger partial charge >= 0.3 is 0 Å².